The van der Waals surface area contributed by atoms with E-state index in [4.69, 9.17) is 4.74 Å². The topological polar surface area (TPSA) is 99.3 Å². The van der Waals surface area contributed by atoms with Crippen molar-refractivity contribution < 1.29 is 14.5 Å². The number of amides is 1. The van der Waals surface area contributed by atoms with Crippen molar-refractivity contribution in [2.75, 3.05) is 7.11 Å². The van der Waals surface area contributed by atoms with E-state index in [2.05, 4.69) is 10.4 Å². The Kier molecular flexibility index (Phi) is 4.33. The Morgan fingerprint density at radius 1 is 1.50 bits per heavy atom. The molecule has 2 rings (SSSR count). The predicted molar refractivity (Wildman–Crippen MR) is 70.4 cm³/mol. The van der Waals surface area contributed by atoms with Crippen LogP contribution in [0, 0.1) is 10.1 Å². The van der Waals surface area contributed by atoms with Crippen LogP contribution in [0.25, 0.3) is 0 Å². The quantitative estimate of drug-likeness (QED) is 0.656. The highest BCUT2D eigenvalue weighted by molar-refractivity contribution is 5.96. The van der Waals surface area contributed by atoms with Crippen LogP contribution in [0.15, 0.2) is 6.20 Å². The van der Waals surface area contributed by atoms with Gasteiger partial charge in [0, 0.05) is 20.2 Å². The van der Waals surface area contributed by atoms with Crippen LogP contribution in [0.3, 0.4) is 0 Å². The van der Waals surface area contributed by atoms with Gasteiger partial charge in [0.25, 0.3) is 5.91 Å². The molecular formula is C12H18N4O4. The Balaban J connectivity index is 2.00. The van der Waals surface area contributed by atoms with Crippen LogP contribution in [-0.4, -0.2) is 39.9 Å². The first kappa shape index (κ1) is 14.4. The maximum absolute atomic E-state index is 12.1. The molecule has 1 aromatic rings. The molecule has 0 atom stereocenters. The van der Waals surface area contributed by atoms with Crippen LogP contribution in [0.4, 0.5) is 5.69 Å². The van der Waals surface area contributed by atoms with E-state index in [1.807, 2.05) is 0 Å². The lowest BCUT2D eigenvalue weighted by molar-refractivity contribution is -0.385. The Morgan fingerprint density at radius 3 is 2.70 bits per heavy atom. The number of nitro groups is 1. The van der Waals surface area contributed by atoms with E-state index in [1.165, 1.54) is 10.9 Å². The lowest BCUT2D eigenvalue weighted by Crippen LogP contribution is -2.39. The summed E-state index contributed by atoms with van der Waals surface area (Å²) in [5.74, 6) is -0.488. The van der Waals surface area contributed by atoms with E-state index in [0.29, 0.717) is 0 Å². The van der Waals surface area contributed by atoms with Crippen LogP contribution < -0.4 is 5.32 Å². The molecule has 0 spiro atoms. The summed E-state index contributed by atoms with van der Waals surface area (Å²) in [6.45, 7) is 0. The van der Waals surface area contributed by atoms with Crippen molar-refractivity contribution in [1.82, 2.24) is 15.1 Å². The van der Waals surface area contributed by atoms with Crippen molar-refractivity contribution in [3.05, 3.63) is 22.0 Å². The fraction of sp³-hybridized carbons (Fsp3) is 0.667. The average molecular weight is 282 g/mol. The second-order valence-electron chi connectivity index (χ2n) is 4.98. The van der Waals surface area contributed by atoms with E-state index >= 15 is 0 Å². The van der Waals surface area contributed by atoms with Gasteiger partial charge in [0.15, 0.2) is 0 Å². The van der Waals surface area contributed by atoms with Crippen molar-refractivity contribution in [2.24, 2.45) is 7.05 Å². The monoisotopic (exact) mass is 282 g/mol. The van der Waals surface area contributed by atoms with Crippen molar-refractivity contribution in [3.8, 4) is 0 Å². The molecule has 0 aromatic carbocycles. The Morgan fingerprint density at radius 2 is 2.15 bits per heavy atom. The Labute approximate surface area is 116 Å². The number of rotatable bonds is 4. The second kappa shape index (κ2) is 6.00. The molecule has 0 saturated heterocycles. The number of aryl methyl sites for hydroxylation is 1. The smallest absolute Gasteiger partial charge is 0.320 e. The molecule has 1 aromatic heterocycles. The van der Waals surface area contributed by atoms with Crippen molar-refractivity contribution >= 4 is 11.6 Å². The van der Waals surface area contributed by atoms with E-state index in [-0.39, 0.29) is 23.5 Å². The molecule has 1 saturated carbocycles. The van der Waals surface area contributed by atoms with Crippen LogP contribution in [-0.2, 0) is 11.8 Å². The minimum atomic E-state index is -0.594. The molecule has 0 aliphatic heterocycles. The zero-order valence-electron chi connectivity index (χ0n) is 11.5. The van der Waals surface area contributed by atoms with E-state index in [1.54, 1.807) is 14.2 Å². The van der Waals surface area contributed by atoms with Gasteiger partial charge in [0.05, 0.1) is 11.0 Å². The number of aromatic nitrogens is 2. The largest absolute Gasteiger partial charge is 0.381 e. The molecule has 8 nitrogen and oxygen atoms in total. The van der Waals surface area contributed by atoms with Gasteiger partial charge in [-0.15, -0.1) is 0 Å². The first-order valence-corrected chi connectivity index (χ1v) is 6.53. The molecule has 1 fully saturated rings. The highest BCUT2D eigenvalue weighted by Crippen LogP contribution is 2.22. The number of carbonyl (C=O) groups is 1. The third-order valence-electron chi connectivity index (χ3n) is 3.56. The number of hydrogen-bond acceptors (Lipinski definition) is 5. The average Bonchev–Trinajstić information content (AvgIpc) is 2.82. The number of carbonyl (C=O) groups excluding carboxylic acids is 1. The number of ether oxygens (including phenoxy) is 1. The maximum Gasteiger partial charge on any atom is 0.320 e. The Bertz CT molecular complexity index is 506. The van der Waals surface area contributed by atoms with Gasteiger partial charge in [-0.25, -0.2) is 0 Å². The third kappa shape index (κ3) is 3.13. The van der Waals surface area contributed by atoms with Gasteiger partial charge in [0.1, 0.15) is 6.20 Å². The van der Waals surface area contributed by atoms with Crippen LogP contribution in [0.2, 0.25) is 0 Å². The fourth-order valence-electron chi connectivity index (χ4n) is 2.47. The summed E-state index contributed by atoms with van der Waals surface area (Å²) < 4.78 is 6.54. The number of nitrogens with zero attached hydrogens (tertiary/aromatic N) is 3. The van der Waals surface area contributed by atoms with E-state index in [0.717, 1.165) is 25.7 Å². The van der Waals surface area contributed by atoms with Crippen LogP contribution in [0.1, 0.15) is 36.2 Å². The molecule has 0 bridgehead atoms. The normalized spacial score (nSPS) is 22.5. The van der Waals surface area contributed by atoms with Crippen molar-refractivity contribution in [1.29, 1.82) is 0 Å². The van der Waals surface area contributed by atoms with Gasteiger partial charge in [0.2, 0.25) is 5.69 Å². The lowest BCUT2D eigenvalue weighted by atomic mass is 9.93. The molecule has 8 heteroatoms. The molecule has 1 aliphatic carbocycles. The van der Waals surface area contributed by atoms with Gasteiger partial charge in [-0.3, -0.25) is 19.6 Å². The summed E-state index contributed by atoms with van der Waals surface area (Å²) in [5, 5.41) is 17.5. The summed E-state index contributed by atoms with van der Waals surface area (Å²) in [4.78, 5) is 22.4. The Hall–Kier alpha value is -1.96. The minimum Gasteiger partial charge on any atom is -0.381 e. The number of nitrogens with one attached hydrogen (secondary N) is 1. The standard InChI is InChI=1S/C12H18N4O4/c1-15-7-10(16(18)19)11(14-15)12(17)13-8-3-5-9(20-2)6-4-8/h7-9H,3-6H2,1-2H3,(H,13,17). The lowest BCUT2D eigenvalue weighted by Gasteiger charge is -2.27. The van der Waals surface area contributed by atoms with Gasteiger partial charge in [-0.1, -0.05) is 0 Å². The number of methoxy groups -OCH3 is 1. The van der Waals surface area contributed by atoms with Gasteiger partial charge in [-0.2, -0.15) is 5.10 Å². The highest BCUT2D eigenvalue weighted by atomic mass is 16.6. The van der Waals surface area contributed by atoms with Gasteiger partial charge < -0.3 is 10.1 Å². The molecule has 1 heterocycles. The molecule has 1 N–H and O–H groups in total. The molecule has 1 amide bonds. The molecular weight excluding hydrogens is 264 g/mol. The highest BCUT2D eigenvalue weighted by Gasteiger charge is 2.28. The first-order chi connectivity index (χ1) is 9.51. The predicted octanol–water partition coefficient (Wildman–Crippen LogP) is 1.02. The van der Waals surface area contributed by atoms with E-state index in [9.17, 15) is 14.9 Å². The summed E-state index contributed by atoms with van der Waals surface area (Å²) >= 11 is 0. The van der Waals surface area contributed by atoms with Crippen LogP contribution >= 0.6 is 0 Å². The van der Waals surface area contributed by atoms with Crippen molar-refractivity contribution in [2.45, 2.75) is 37.8 Å². The molecule has 0 radical (unpaired) electrons. The molecule has 1 aliphatic rings. The summed E-state index contributed by atoms with van der Waals surface area (Å²) in [7, 11) is 3.23. The molecule has 110 valence electrons. The van der Waals surface area contributed by atoms with E-state index < -0.39 is 10.8 Å². The SMILES string of the molecule is COC1CCC(NC(=O)c2nn(C)cc2[N+](=O)[O-])CC1. The summed E-state index contributed by atoms with van der Waals surface area (Å²) in [6.07, 6.45) is 4.86. The number of hydrogen-bond donors (Lipinski definition) is 1. The molecule has 0 unspecified atom stereocenters. The summed E-state index contributed by atoms with van der Waals surface area (Å²) in [5.41, 5.74) is -0.401. The fourth-order valence-corrected chi connectivity index (χ4v) is 2.47. The van der Waals surface area contributed by atoms with Gasteiger partial charge in [-0.05, 0) is 25.7 Å². The molecule has 20 heavy (non-hydrogen) atoms. The summed E-state index contributed by atoms with van der Waals surface area (Å²) in [6, 6.07) is 0.0236. The van der Waals surface area contributed by atoms with Crippen molar-refractivity contribution in [3.63, 3.8) is 0 Å². The second-order valence-corrected chi connectivity index (χ2v) is 4.98. The van der Waals surface area contributed by atoms with Crippen LogP contribution in [0.5, 0.6) is 0 Å². The zero-order chi connectivity index (χ0) is 14.7. The maximum atomic E-state index is 12.1. The minimum absolute atomic E-state index is 0.0236. The third-order valence-corrected chi connectivity index (χ3v) is 3.56. The first-order valence-electron chi connectivity index (χ1n) is 6.53. The van der Waals surface area contributed by atoms with Gasteiger partial charge >= 0.3 is 5.69 Å². The zero-order valence-corrected chi connectivity index (χ0v) is 11.5.